The van der Waals surface area contributed by atoms with Crippen LogP contribution in [0.1, 0.15) is 57.3 Å². The Kier molecular flexibility index (Phi) is 9.59. The van der Waals surface area contributed by atoms with Crippen molar-refractivity contribution in [3.8, 4) is 22.3 Å². The van der Waals surface area contributed by atoms with E-state index in [4.69, 9.17) is 4.42 Å². The Morgan fingerprint density at radius 1 is 0.403 bits per heavy atom. The van der Waals surface area contributed by atoms with Crippen LogP contribution in [0.3, 0.4) is 0 Å². The standard InChI is InChI=1S/C74H50N2O/c1-6-22-49(23-7-1)57-43-44-68-72-71(57)61-42-39-56(48-66(61)74(72,52-28-12-4-13-29-52)64-35-19-20-36-67(64)76(68)53-30-14-5-15-31-53)75(54-40-45-70-62(46-54)60-33-17-21-37-69(60)77-70)55-38-41-59-58-32-16-18-34-63(58)73(65(59)47-55,50-24-8-2-9-25-50)51-26-10-3-11-27-51/h1-17,19-33,35-48H,18,34H2. The van der Waals surface area contributed by atoms with Gasteiger partial charge in [0.1, 0.15) is 11.2 Å². The molecule has 362 valence electrons. The Bertz CT molecular complexity index is 4340. The normalized spacial score (nSPS) is 16.2. The van der Waals surface area contributed by atoms with Crippen LogP contribution >= 0.6 is 0 Å². The average molecular weight is 983 g/mol. The summed E-state index contributed by atoms with van der Waals surface area (Å²) >= 11 is 0. The van der Waals surface area contributed by atoms with Gasteiger partial charge < -0.3 is 14.2 Å². The first kappa shape index (κ1) is 43.7. The highest BCUT2D eigenvalue weighted by atomic mass is 16.3. The number of anilines is 6. The first-order chi connectivity index (χ1) is 38.2. The van der Waals surface area contributed by atoms with Crippen LogP contribution in [0.25, 0.3) is 49.8 Å². The highest BCUT2D eigenvalue weighted by molar-refractivity contribution is 6.08. The van der Waals surface area contributed by atoms with Gasteiger partial charge in [-0.25, -0.2) is 0 Å². The van der Waals surface area contributed by atoms with E-state index in [-0.39, 0.29) is 0 Å². The lowest BCUT2D eigenvalue weighted by Crippen LogP contribution is -2.36. The number of para-hydroxylation sites is 3. The van der Waals surface area contributed by atoms with Gasteiger partial charge in [-0.15, -0.1) is 0 Å². The maximum absolute atomic E-state index is 6.53. The van der Waals surface area contributed by atoms with Gasteiger partial charge in [0.05, 0.1) is 22.2 Å². The van der Waals surface area contributed by atoms with E-state index >= 15 is 0 Å². The highest BCUT2D eigenvalue weighted by Crippen LogP contribution is 2.67. The summed E-state index contributed by atoms with van der Waals surface area (Å²) < 4.78 is 6.53. The Labute approximate surface area is 448 Å². The number of furan rings is 1. The average Bonchev–Trinajstić information content (AvgIpc) is 4.20. The second-order valence-corrected chi connectivity index (χ2v) is 20.9. The predicted molar refractivity (Wildman–Crippen MR) is 317 cm³/mol. The van der Waals surface area contributed by atoms with E-state index in [0.717, 1.165) is 57.5 Å². The maximum atomic E-state index is 6.53. The molecule has 0 fully saturated rings. The zero-order valence-electron chi connectivity index (χ0n) is 42.3. The van der Waals surface area contributed by atoms with Gasteiger partial charge in [-0.2, -0.15) is 0 Å². The molecule has 0 saturated heterocycles. The number of allylic oxidation sites excluding steroid dienone is 4. The zero-order valence-corrected chi connectivity index (χ0v) is 42.3. The fraction of sp³-hybridized carbons (Fsp3) is 0.0541. The van der Waals surface area contributed by atoms with E-state index < -0.39 is 10.8 Å². The van der Waals surface area contributed by atoms with Crippen LogP contribution in [0.15, 0.2) is 289 Å². The van der Waals surface area contributed by atoms with E-state index in [9.17, 15) is 0 Å². The summed E-state index contributed by atoms with van der Waals surface area (Å²) in [5, 5.41) is 2.19. The summed E-state index contributed by atoms with van der Waals surface area (Å²) in [7, 11) is 0. The quantitative estimate of drug-likeness (QED) is 0.151. The van der Waals surface area contributed by atoms with Crippen molar-refractivity contribution < 1.29 is 4.42 Å². The summed E-state index contributed by atoms with van der Waals surface area (Å²) in [6, 6.07) is 99.3. The third-order valence-electron chi connectivity index (χ3n) is 17.2. The molecule has 77 heavy (non-hydrogen) atoms. The second kappa shape index (κ2) is 16.9. The van der Waals surface area contributed by atoms with Crippen LogP contribution in [0.2, 0.25) is 0 Å². The molecular formula is C74H50N2O. The third kappa shape index (κ3) is 6.14. The molecule has 1 aromatic heterocycles. The summed E-state index contributed by atoms with van der Waals surface area (Å²) in [6.45, 7) is 0. The van der Waals surface area contributed by atoms with Gasteiger partial charge in [0.15, 0.2) is 0 Å². The van der Waals surface area contributed by atoms with Crippen LogP contribution in [0.4, 0.5) is 34.1 Å². The van der Waals surface area contributed by atoms with Crippen LogP contribution in [0, 0.1) is 0 Å². The first-order valence-electron chi connectivity index (χ1n) is 27.0. The molecule has 3 heteroatoms. The van der Waals surface area contributed by atoms with Crippen LogP contribution in [0.5, 0.6) is 0 Å². The van der Waals surface area contributed by atoms with Crippen LogP contribution in [-0.4, -0.2) is 0 Å². The van der Waals surface area contributed by atoms with Crippen molar-refractivity contribution >= 4 is 61.6 Å². The topological polar surface area (TPSA) is 19.6 Å². The Balaban J connectivity index is 1.00. The molecule has 3 aliphatic carbocycles. The molecule has 0 saturated carbocycles. The van der Waals surface area contributed by atoms with Crippen molar-refractivity contribution in [1.29, 1.82) is 0 Å². The molecule has 11 aromatic carbocycles. The highest BCUT2D eigenvalue weighted by Gasteiger charge is 2.54. The number of nitrogens with zero attached hydrogens (tertiary/aromatic N) is 2. The Morgan fingerprint density at radius 3 is 1.66 bits per heavy atom. The smallest absolute Gasteiger partial charge is 0.135 e. The summed E-state index contributed by atoms with van der Waals surface area (Å²) in [5.41, 5.74) is 25.2. The van der Waals surface area contributed by atoms with Gasteiger partial charge in [0.25, 0.3) is 0 Å². The molecule has 1 aliphatic heterocycles. The van der Waals surface area contributed by atoms with Crippen molar-refractivity contribution in [2.75, 3.05) is 9.80 Å². The molecule has 0 radical (unpaired) electrons. The summed E-state index contributed by atoms with van der Waals surface area (Å²) in [5.74, 6) is 0. The molecule has 16 rings (SSSR count). The van der Waals surface area contributed by atoms with E-state index in [0.29, 0.717) is 0 Å². The van der Waals surface area contributed by atoms with Crippen molar-refractivity contribution in [1.82, 2.24) is 0 Å². The third-order valence-corrected chi connectivity index (χ3v) is 17.2. The molecule has 1 atom stereocenters. The molecule has 1 unspecified atom stereocenters. The van der Waals surface area contributed by atoms with Gasteiger partial charge in [-0.3, -0.25) is 0 Å². The molecule has 12 aromatic rings. The van der Waals surface area contributed by atoms with Crippen LogP contribution < -0.4 is 9.80 Å². The van der Waals surface area contributed by atoms with Crippen molar-refractivity contribution in [3.05, 3.63) is 329 Å². The van der Waals surface area contributed by atoms with Crippen LogP contribution in [-0.2, 0) is 10.8 Å². The molecule has 0 amide bonds. The lowest BCUT2D eigenvalue weighted by atomic mass is 9.64. The van der Waals surface area contributed by atoms with Gasteiger partial charge in [-0.05, 0) is 158 Å². The minimum Gasteiger partial charge on any atom is -0.456 e. The zero-order chi connectivity index (χ0) is 50.7. The lowest BCUT2D eigenvalue weighted by Gasteiger charge is -2.45. The molecule has 0 N–H and O–H groups in total. The van der Waals surface area contributed by atoms with Gasteiger partial charge in [-0.1, -0.05) is 206 Å². The molecule has 3 nitrogen and oxygen atoms in total. The number of benzene rings is 11. The van der Waals surface area contributed by atoms with Crippen molar-refractivity contribution in [2.45, 2.75) is 23.7 Å². The molecule has 4 aliphatic rings. The molecular weight excluding hydrogens is 933 g/mol. The number of hydrogen-bond donors (Lipinski definition) is 0. The maximum Gasteiger partial charge on any atom is 0.135 e. The molecule has 0 bridgehead atoms. The Hall–Kier alpha value is -9.70. The van der Waals surface area contributed by atoms with Gasteiger partial charge in [0.2, 0.25) is 0 Å². The van der Waals surface area contributed by atoms with Crippen molar-refractivity contribution in [2.24, 2.45) is 0 Å². The number of fused-ring (bicyclic) bond motifs is 10. The lowest BCUT2D eigenvalue weighted by molar-refractivity contribution is 0.669. The SMILES string of the molecule is C1=CC2=C(CC1)C(c1ccccc1)(c1ccccc1)c1cc(N(c3ccc4c(c3)C3(c5ccccc5)c5ccccc5N(c5ccccc5)c5ccc(-c6ccccc6)c-4c53)c3ccc4oc5ccccc5c4c3)ccc12. The van der Waals surface area contributed by atoms with E-state index in [1.54, 1.807) is 0 Å². The monoisotopic (exact) mass is 982 g/mol. The number of rotatable bonds is 8. The van der Waals surface area contributed by atoms with E-state index in [1.807, 2.05) is 0 Å². The van der Waals surface area contributed by atoms with Gasteiger partial charge in [0, 0.05) is 39.1 Å². The molecule has 2 heterocycles. The minimum atomic E-state index is -0.691. The van der Waals surface area contributed by atoms with E-state index in [2.05, 4.69) is 289 Å². The fourth-order valence-electron chi connectivity index (χ4n) is 14.2. The predicted octanol–water partition coefficient (Wildman–Crippen LogP) is 19.3. The molecule has 0 spiro atoms. The minimum absolute atomic E-state index is 0.498. The van der Waals surface area contributed by atoms with Gasteiger partial charge >= 0.3 is 0 Å². The van der Waals surface area contributed by atoms with E-state index in [1.165, 1.54) is 89.3 Å². The first-order valence-corrected chi connectivity index (χ1v) is 27.0. The number of hydrogen-bond acceptors (Lipinski definition) is 3. The fourth-order valence-corrected chi connectivity index (χ4v) is 14.2. The van der Waals surface area contributed by atoms with Crippen molar-refractivity contribution in [3.63, 3.8) is 0 Å². The Morgan fingerprint density at radius 2 is 0.948 bits per heavy atom. The second-order valence-electron chi connectivity index (χ2n) is 20.9. The largest absolute Gasteiger partial charge is 0.456 e. The summed E-state index contributed by atoms with van der Waals surface area (Å²) in [6.07, 6.45) is 6.74. The summed E-state index contributed by atoms with van der Waals surface area (Å²) in [4.78, 5) is 5.01.